The highest BCUT2D eigenvalue weighted by molar-refractivity contribution is 6.01. The number of benzene rings is 2. The van der Waals surface area contributed by atoms with E-state index in [9.17, 15) is 9.90 Å². The van der Waals surface area contributed by atoms with Gasteiger partial charge >= 0.3 is 0 Å². The summed E-state index contributed by atoms with van der Waals surface area (Å²) in [6.07, 6.45) is 0.328. The predicted molar refractivity (Wildman–Crippen MR) is 112 cm³/mol. The van der Waals surface area contributed by atoms with Gasteiger partial charge in [-0.1, -0.05) is 48.5 Å². The van der Waals surface area contributed by atoms with Crippen molar-refractivity contribution in [2.24, 2.45) is 5.73 Å². The summed E-state index contributed by atoms with van der Waals surface area (Å²) in [5.41, 5.74) is 16.4. The Bertz CT molecular complexity index is 1210. The summed E-state index contributed by atoms with van der Waals surface area (Å²) in [4.78, 5) is 25.6. The van der Waals surface area contributed by atoms with Crippen molar-refractivity contribution in [2.75, 3.05) is 12.3 Å². The number of pyridine rings is 1. The van der Waals surface area contributed by atoms with Crippen LogP contribution in [0.4, 0.5) is 5.95 Å². The van der Waals surface area contributed by atoms with E-state index in [1.807, 2.05) is 36.4 Å². The van der Waals surface area contributed by atoms with Crippen LogP contribution in [0.1, 0.15) is 15.9 Å². The molecular formula is C22H19N5O2. The topological polar surface area (TPSA) is 128 Å². The number of carbonyl (C=O) groups is 1. The Balaban J connectivity index is 1.97. The second-order valence-corrected chi connectivity index (χ2v) is 6.54. The van der Waals surface area contributed by atoms with Crippen molar-refractivity contribution in [1.82, 2.24) is 15.0 Å². The van der Waals surface area contributed by atoms with Gasteiger partial charge in [0.25, 0.3) is 0 Å². The van der Waals surface area contributed by atoms with E-state index < -0.39 is 5.91 Å². The summed E-state index contributed by atoms with van der Waals surface area (Å²) < 4.78 is 0. The van der Waals surface area contributed by atoms with Crippen molar-refractivity contribution in [3.05, 3.63) is 71.8 Å². The summed E-state index contributed by atoms with van der Waals surface area (Å²) in [5, 5.41) is 9.32. The van der Waals surface area contributed by atoms with Gasteiger partial charge in [0.05, 0.1) is 16.8 Å². The van der Waals surface area contributed by atoms with E-state index in [0.717, 1.165) is 5.56 Å². The van der Waals surface area contributed by atoms with Crippen LogP contribution in [0.5, 0.6) is 0 Å². The van der Waals surface area contributed by atoms with E-state index in [4.69, 9.17) is 16.5 Å². The molecule has 0 bridgehead atoms. The summed E-state index contributed by atoms with van der Waals surface area (Å²) in [5.74, 6) is -0.406. The number of aliphatic hydroxyl groups excluding tert-OH is 1. The SMILES string of the molecule is NC(=O)c1c(CCO)cccc1-c1ccc2nc(N)nc(-c3ccccc3)c2n1. The molecule has 0 spiro atoms. The number of hydrogen-bond donors (Lipinski definition) is 3. The number of nitrogens with zero attached hydrogens (tertiary/aromatic N) is 3. The number of nitrogen functional groups attached to an aromatic ring is 1. The molecule has 2 aromatic carbocycles. The van der Waals surface area contributed by atoms with E-state index in [-0.39, 0.29) is 12.6 Å². The standard InChI is InChI=1S/C22H19N5O2/c23-21(29)18-13(11-12-28)7-4-8-15(18)16-9-10-17-20(25-16)19(27-22(24)26-17)14-5-2-1-3-6-14/h1-10,28H,11-12H2,(H2,23,29)(H2,24,26,27). The van der Waals surface area contributed by atoms with Gasteiger partial charge in [0.1, 0.15) is 11.2 Å². The fourth-order valence-electron chi connectivity index (χ4n) is 3.41. The lowest BCUT2D eigenvalue weighted by Gasteiger charge is -2.13. The zero-order valence-electron chi connectivity index (χ0n) is 15.5. The van der Waals surface area contributed by atoms with Gasteiger partial charge in [-0.25, -0.2) is 15.0 Å². The Hall–Kier alpha value is -3.84. The Kier molecular flexibility index (Phi) is 4.88. The third kappa shape index (κ3) is 3.51. The van der Waals surface area contributed by atoms with Crippen molar-refractivity contribution in [2.45, 2.75) is 6.42 Å². The zero-order valence-corrected chi connectivity index (χ0v) is 15.5. The number of rotatable bonds is 5. The van der Waals surface area contributed by atoms with Gasteiger partial charge in [-0.05, 0) is 24.1 Å². The van der Waals surface area contributed by atoms with Crippen LogP contribution in [-0.4, -0.2) is 32.6 Å². The minimum atomic E-state index is -0.567. The van der Waals surface area contributed by atoms with Gasteiger partial charge in [0.15, 0.2) is 0 Å². The lowest BCUT2D eigenvalue weighted by atomic mass is 9.96. The van der Waals surface area contributed by atoms with Crippen LogP contribution >= 0.6 is 0 Å². The smallest absolute Gasteiger partial charge is 0.249 e. The van der Waals surface area contributed by atoms with Gasteiger partial charge in [0, 0.05) is 17.7 Å². The minimum Gasteiger partial charge on any atom is -0.396 e. The predicted octanol–water partition coefficient (Wildman–Crippen LogP) is 2.57. The summed E-state index contributed by atoms with van der Waals surface area (Å²) in [7, 11) is 0. The second-order valence-electron chi connectivity index (χ2n) is 6.54. The normalized spacial score (nSPS) is 10.9. The van der Waals surface area contributed by atoms with Crippen molar-refractivity contribution in [3.63, 3.8) is 0 Å². The molecule has 0 radical (unpaired) electrons. The van der Waals surface area contributed by atoms with Gasteiger partial charge in [-0.3, -0.25) is 4.79 Å². The number of anilines is 1. The molecule has 2 aromatic heterocycles. The molecule has 0 saturated heterocycles. The molecule has 4 aromatic rings. The number of carbonyl (C=O) groups excluding carboxylic acids is 1. The third-order valence-corrected chi connectivity index (χ3v) is 4.66. The van der Waals surface area contributed by atoms with E-state index in [2.05, 4.69) is 9.97 Å². The van der Waals surface area contributed by atoms with E-state index in [0.29, 0.717) is 45.5 Å². The molecule has 0 aliphatic carbocycles. The molecule has 2 heterocycles. The van der Waals surface area contributed by atoms with Gasteiger partial charge in [-0.15, -0.1) is 0 Å². The van der Waals surface area contributed by atoms with Gasteiger partial charge in [-0.2, -0.15) is 0 Å². The number of aliphatic hydroxyl groups is 1. The van der Waals surface area contributed by atoms with Crippen molar-refractivity contribution in [1.29, 1.82) is 0 Å². The largest absolute Gasteiger partial charge is 0.396 e. The number of aromatic nitrogens is 3. The maximum Gasteiger partial charge on any atom is 0.249 e. The Labute approximate surface area is 167 Å². The van der Waals surface area contributed by atoms with E-state index in [1.165, 1.54) is 0 Å². The number of hydrogen-bond acceptors (Lipinski definition) is 6. The number of nitrogens with two attached hydrogens (primary N) is 2. The maximum absolute atomic E-state index is 12.2. The van der Waals surface area contributed by atoms with Crippen LogP contribution in [0, 0.1) is 0 Å². The molecular weight excluding hydrogens is 366 g/mol. The van der Waals surface area contributed by atoms with E-state index >= 15 is 0 Å². The molecule has 0 aliphatic heterocycles. The van der Waals surface area contributed by atoms with Crippen molar-refractivity contribution in [3.8, 4) is 22.5 Å². The molecule has 7 heteroatoms. The monoisotopic (exact) mass is 385 g/mol. The minimum absolute atomic E-state index is 0.0832. The molecule has 1 amide bonds. The average Bonchev–Trinajstić information content (AvgIpc) is 2.73. The Morgan fingerprint density at radius 1 is 0.931 bits per heavy atom. The quantitative estimate of drug-likeness (QED) is 0.484. The molecule has 0 aliphatic rings. The number of fused-ring (bicyclic) bond motifs is 1. The van der Waals surface area contributed by atoms with Crippen LogP contribution in [-0.2, 0) is 6.42 Å². The summed E-state index contributed by atoms with van der Waals surface area (Å²) in [6, 6.07) is 18.5. The van der Waals surface area contributed by atoms with Crippen LogP contribution in [0.3, 0.4) is 0 Å². The first-order valence-electron chi connectivity index (χ1n) is 9.11. The first-order valence-corrected chi connectivity index (χ1v) is 9.11. The average molecular weight is 385 g/mol. The summed E-state index contributed by atoms with van der Waals surface area (Å²) in [6.45, 7) is -0.0832. The highest BCUT2D eigenvalue weighted by Gasteiger charge is 2.17. The van der Waals surface area contributed by atoms with Gasteiger partial charge in [0.2, 0.25) is 11.9 Å². The zero-order chi connectivity index (χ0) is 20.4. The van der Waals surface area contributed by atoms with Gasteiger partial charge < -0.3 is 16.6 Å². The second kappa shape index (κ2) is 7.65. The molecule has 144 valence electrons. The Morgan fingerprint density at radius 3 is 2.45 bits per heavy atom. The molecule has 0 atom stereocenters. The van der Waals surface area contributed by atoms with Crippen LogP contribution < -0.4 is 11.5 Å². The highest BCUT2D eigenvalue weighted by atomic mass is 16.3. The molecule has 0 unspecified atom stereocenters. The maximum atomic E-state index is 12.2. The molecule has 0 saturated carbocycles. The van der Waals surface area contributed by atoms with Crippen molar-refractivity contribution >= 4 is 22.9 Å². The Morgan fingerprint density at radius 2 is 1.72 bits per heavy atom. The molecule has 5 N–H and O–H groups in total. The molecule has 7 nitrogen and oxygen atoms in total. The van der Waals surface area contributed by atoms with Crippen LogP contribution in [0.2, 0.25) is 0 Å². The third-order valence-electron chi connectivity index (χ3n) is 4.66. The lowest BCUT2D eigenvalue weighted by molar-refractivity contribution is 0.1000. The number of amides is 1. The first kappa shape index (κ1) is 18.5. The summed E-state index contributed by atoms with van der Waals surface area (Å²) >= 11 is 0. The first-order chi connectivity index (χ1) is 14.1. The van der Waals surface area contributed by atoms with Crippen LogP contribution in [0.25, 0.3) is 33.5 Å². The fraction of sp³-hybridized carbons (Fsp3) is 0.0909. The highest BCUT2D eigenvalue weighted by Crippen LogP contribution is 2.30. The lowest BCUT2D eigenvalue weighted by Crippen LogP contribution is -2.16. The number of primary amides is 1. The van der Waals surface area contributed by atoms with Crippen molar-refractivity contribution < 1.29 is 9.90 Å². The molecule has 29 heavy (non-hydrogen) atoms. The fourth-order valence-corrected chi connectivity index (χ4v) is 3.41. The van der Waals surface area contributed by atoms with E-state index in [1.54, 1.807) is 24.3 Å². The molecule has 0 fully saturated rings. The van der Waals surface area contributed by atoms with Crippen LogP contribution in [0.15, 0.2) is 60.7 Å². The molecule has 4 rings (SSSR count).